The van der Waals surface area contributed by atoms with Crippen LogP contribution >= 0.6 is 0 Å². The third-order valence-corrected chi connectivity index (χ3v) is 7.15. The molecule has 0 saturated heterocycles. The summed E-state index contributed by atoms with van der Waals surface area (Å²) in [6.07, 6.45) is -0.846. The molecule has 0 fully saturated rings. The molecule has 0 aromatic heterocycles. The summed E-state index contributed by atoms with van der Waals surface area (Å²) < 4.78 is 58.4. The van der Waals surface area contributed by atoms with Gasteiger partial charge in [-0.2, -0.15) is 0 Å². The number of benzene rings is 3. The summed E-state index contributed by atoms with van der Waals surface area (Å²) in [5.74, 6) is -0.714. The molecule has 0 unspecified atom stereocenters. The molecule has 0 saturated carbocycles. The molecule has 1 N–H and O–H groups in total. The molecule has 1 aliphatic rings. The number of esters is 1. The predicted molar refractivity (Wildman–Crippen MR) is 127 cm³/mol. The van der Waals surface area contributed by atoms with E-state index < -0.39 is 28.1 Å². The van der Waals surface area contributed by atoms with Crippen LogP contribution in [-0.4, -0.2) is 20.9 Å². The lowest BCUT2D eigenvalue weighted by Crippen LogP contribution is -2.27. The van der Waals surface area contributed by atoms with Crippen molar-refractivity contribution in [3.8, 4) is 5.75 Å². The van der Waals surface area contributed by atoms with Crippen molar-refractivity contribution in [3.63, 3.8) is 0 Å². The van der Waals surface area contributed by atoms with E-state index in [-0.39, 0.29) is 31.1 Å². The fourth-order valence-electron chi connectivity index (χ4n) is 3.64. The second-order valence-corrected chi connectivity index (χ2v) is 10.0. The summed E-state index contributed by atoms with van der Waals surface area (Å²) in [7, 11) is -3.75. The van der Waals surface area contributed by atoms with Gasteiger partial charge in [-0.25, -0.2) is 17.5 Å². The average molecular weight is 500 g/mol. The lowest BCUT2D eigenvalue weighted by Gasteiger charge is -2.28. The number of halogens is 1. The Bertz CT molecular complexity index is 1330. The van der Waals surface area contributed by atoms with Gasteiger partial charge in [-0.05, 0) is 49.2 Å². The Hall–Kier alpha value is -3.27. The third-order valence-electron chi connectivity index (χ3n) is 5.69. The van der Waals surface area contributed by atoms with Crippen LogP contribution in [0.1, 0.15) is 40.5 Å². The quantitative estimate of drug-likeness (QED) is 0.460. The van der Waals surface area contributed by atoms with E-state index in [1.54, 1.807) is 12.1 Å². The molecule has 0 spiro atoms. The van der Waals surface area contributed by atoms with Gasteiger partial charge in [0.2, 0.25) is 16.3 Å². The fraction of sp³-hybridized carbons (Fsp3) is 0.269. The first-order valence-corrected chi connectivity index (χ1v) is 12.6. The molecule has 0 aliphatic carbocycles. The highest BCUT2D eigenvalue weighted by molar-refractivity contribution is 7.89. The van der Waals surface area contributed by atoms with Crippen LogP contribution in [0.15, 0.2) is 65.6 Å². The largest absolute Gasteiger partial charge is 0.461 e. The Morgan fingerprint density at radius 1 is 1.09 bits per heavy atom. The van der Waals surface area contributed by atoms with Crippen molar-refractivity contribution in [1.29, 1.82) is 0 Å². The van der Waals surface area contributed by atoms with Gasteiger partial charge in [-0.3, -0.25) is 4.79 Å². The highest BCUT2D eigenvalue weighted by Crippen LogP contribution is 2.36. The van der Waals surface area contributed by atoms with E-state index >= 15 is 0 Å². The Balaban J connectivity index is 1.35. The molecular weight excluding hydrogens is 473 g/mol. The number of hydrogen-bond acceptors (Lipinski definition) is 6. The Morgan fingerprint density at radius 3 is 2.60 bits per heavy atom. The maximum atomic E-state index is 14.1. The molecule has 7 nitrogen and oxygen atoms in total. The maximum Gasteiger partial charge on any atom is 0.307 e. The normalized spacial score (nSPS) is 15.2. The fourth-order valence-corrected chi connectivity index (χ4v) is 4.76. The number of nitrogens with one attached hydrogen (secondary N) is 1. The molecule has 0 radical (unpaired) electrons. The van der Waals surface area contributed by atoms with Gasteiger partial charge < -0.3 is 14.2 Å². The van der Waals surface area contributed by atoms with Gasteiger partial charge in [0, 0.05) is 23.2 Å². The number of hydrogen-bond donors (Lipinski definition) is 1. The van der Waals surface area contributed by atoms with Gasteiger partial charge in [0.15, 0.2) is 0 Å². The number of carbonyl (C=O) groups excluding carboxylic acids is 1. The molecule has 3 aromatic carbocycles. The van der Waals surface area contributed by atoms with Crippen molar-refractivity contribution < 1.29 is 31.8 Å². The van der Waals surface area contributed by atoms with E-state index in [1.807, 2.05) is 44.2 Å². The summed E-state index contributed by atoms with van der Waals surface area (Å²) in [5, 5.41) is 0. The van der Waals surface area contributed by atoms with Crippen molar-refractivity contribution in [2.24, 2.45) is 0 Å². The summed E-state index contributed by atoms with van der Waals surface area (Å²) in [6.45, 7) is 3.52. The van der Waals surface area contributed by atoms with Crippen molar-refractivity contribution in [1.82, 2.24) is 4.72 Å². The lowest BCUT2D eigenvalue weighted by molar-refractivity contribution is -0.145. The van der Waals surface area contributed by atoms with Crippen molar-refractivity contribution in [2.45, 2.75) is 44.7 Å². The van der Waals surface area contributed by atoms with Gasteiger partial charge in [0.25, 0.3) is 0 Å². The lowest BCUT2D eigenvalue weighted by atomic mass is 10.1. The van der Waals surface area contributed by atoms with Crippen LogP contribution in [0.3, 0.4) is 0 Å². The summed E-state index contributed by atoms with van der Waals surface area (Å²) in [4.78, 5) is 12.4. The third kappa shape index (κ3) is 6.05. The number of fused-ring (bicyclic) bond motifs is 1. The van der Waals surface area contributed by atoms with Crippen LogP contribution < -0.4 is 9.46 Å². The molecule has 35 heavy (non-hydrogen) atoms. The number of rotatable bonds is 8. The summed E-state index contributed by atoms with van der Waals surface area (Å²) in [5.41, 5.74) is 3.53. The zero-order valence-electron chi connectivity index (χ0n) is 19.4. The molecule has 9 heteroatoms. The van der Waals surface area contributed by atoms with Crippen LogP contribution in [0.5, 0.6) is 5.75 Å². The van der Waals surface area contributed by atoms with E-state index in [1.165, 1.54) is 18.2 Å². The number of carbonyl (C=O) groups is 1. The molecule has 4 rings (SSSR count). The number of sulfonamides is 1. The highest BCUT2D eigenvalue weighted by Gasteiger charge is 2.25. The minimum atomic E-state index is -3.75. The smallest absolute Gasteiger partial charge is 0.307 e. The molecule has 1 atom stereocenters. The van der Waals surface area contributed by atoms with Gasteiger partial charge in [0.05, 0.1) is 17.9 Å². The first-order valence-electron chi connectivity index (χ1n) is 11.1. The zero-order chi connectivity index (χ0) is 25.0. The van der Waals surface area contributed by atoms with Crippen LogP contribution in [0.4, 0.5) is 4.39 Å². The van der Waals surface area contributed by atoms with Crippen LogP contribution in [0.25, 0.3) is 0 Å². The first kappa shape index (κ1) is 24.8. The standard InChI is InChI=1S/C26H26FNO6S/c1-17-8-9-23(12-18(17)2)35(30,31)28-11-10-24(29)32-15-20-13-22(27)14-21-16-33-26(34-25(20)21)19-6-4-3-5-7-19/h3-9,12-14,26,28H,10-11,15-16H2,1-2H3/t26-/m0/s1. The van der Waals surface area contributed by atoms with E-state index in [4.69, 9.17) is 14.2 Å². The molecule has 0 amide bonds. The average Bonchev–Trinajstić information content (AvgIpc) is 2.84. The maximum absolute atomic E-state index is 14.1. The minimum Gasteiger partial charge on any atom is -0.461 e. The second kappa shape index (κ2) is 10.6. The van der Waals surface area contributed by atoms with Crippen molar-refractivity contribution in [2.75, 3.05) is 6.54 Å². The monoisotopic (exact) mass is 499 g/mol. The predicted octanol–water partition coefficient (Wildman–Crippen LogP) is 4.46. The molecule has 1 aliphatic heterocycles. The minimum absolute atomic E-state index is 0.129. The number of ether oxygens (including phenoxy) is 3. The van der Waals surface area contributed by atoms with Crippen molar-refractivity contribution in [3.05, 3.63) is 94.3 Å². The SMILES string of the molecule is Cc1ccc(S(=O)(=O)NCCC(=O)OCc2cc(F)cc3c2O[C@@H](c2ccccc2)OC3)cc1C. The van der Waals surface area contributed by atoms with E-state index in [0.29, 0.717) is 16.9 Å². The highest BCUT2D eigenvalue weighted by atomic mass is 32.2. The molecule has 184 valence electrons. The summed E-state index contributed by atoms with van der Waals surface area (Å²) in [6, 6.07) is 16.7. The molecule has 1 heterocycles. The van der Waals surface area contributed by atoms with Gasteiger partial charge in [-0.1, -0.05) is 36.4 Å². The summed E-state index contributed by atoms with van der Waals surface area (Å²) >= 11 is 0. The van der Waals surface area contributed by atoms with E-state index in [2.05, 4.69) is 4.72 Å². The zero-order valence-corrected chi connectivity index (χ0v) is 20.2. The van der Waals surface area contributed by atoms with E-state index in [0.717, 1.165) is 16.7 Å². The van der Waals surface area contributed by atoms with Crippen molar-refractivity contribution >= 4 is 16.0 Å². The number of aryl methyl sites for hydroxylation is 2. The second-order valence-electron chi connectivity index (χ2n) is 8.28. The first-order chi connectivity index (χ1) is 16.7. The van der Waals surface area contributed by atoms with Crippen LogP contribution in [0, 0.1) is 19.7 Å². The van der Waals surface area contributed by atoms with Crippen LogP contribution in [-0.2, 0) is 37.5 Å². The van der Waals surface area contributed by atoms with Gasteiger partial charge in [-0.15, -0.1) is 0 Å². The van der Waals surface area contributed by atoms with Crippen LogP contribution in [0.2, 0.25) is 0 Å². The molecule has 3 aromatic rings. The van der Waals surface area contributed by atoms with Gasteiger partial charge in [0.1, 0.15) is 18.2 Å². The Morgan fingerprint density at radius 2 is 1.86 bits per heavy atom. The molecular formula is C26H26FNO6S. The topological polar surface area (TPSA) is 90.9 Å². The van der Waals surface area contributed by atoms with Gasteiger partial charge >= 0.3 is 5.97 Å². The Kier molecular flexibility index (Phi) is 7.49. The Labute approximate surface area is 203 Å². The molecule has 0 bridgehead atoms. The van der Waals surface area contributed by atoms with E-state index in [9.17, 15) is 17.6 Å².